The number of rotatable bonds is 5. The number of hydrogen-bond donors (Lipinski definition) is 0. The molecule has 0 fully saturated rings. The van der Waals surface area contributed by atoms with Crippen molar-refractivity contribution in [2.24, 2.45) is 5.92 Å². The molecular weight excluding hydrogens is 182 g/mol. The lowest BCUT2D eigenvalue weighted by atomic mass is 9.96. The molecule has 0 saturated heterocycles. The molecule has 0 aromatic carbocycles. The smallest absolute Gasteiger partial charge is 0.00412 e. The molecule has 0 spiro atoms. The summed E-state index contributed by atoms with van der Waals surface area (Å²) in [6, 6.07) is 1.32. The van der Waals surface area contributed by atoms with Gasteiger partial charge in [0.2, 0.25) is 0 Å². The summed E-state index contributed by atoms with van der Waals surface area (Å²) in [7, 11) is 0. The predicted molar refractivity (Wildman–Crippen MR) is 68.0 cm³/mol. The average Bonchev–Trinajstić information content (AvgIpc) is 2.18. The molecule has 0 aliphatic heterocycles. The van der Waals surface area contributed by atoms with Crippen molar-refractivity contribution in [2.75, 3.05) is 6.54 Å². The summed E-state index contributed by atoms with van der Waals surface area (Å²) in [4.78, 5) is 2.58. The highest BCUT2D eigenvalue weighted by Gasteiger charge is 2.14. The minimum absolute atomic E-state index is 0.660. The molecule has 0 bridgehead atoms. The second-order valence-corrected chi connectivity index (χ2v) is 5.02. The standard InChI is InChI=1S/C14H25N/c1-12(2)15(13(3)4)11-10-14-8-6-5-7-9-14/h5-8,12-14H,9-11H2,1-4H3. The Kier molecular flexibility index (Phi) is 5.10. The monoisotopic (exact) mass is 207 g/mol. The zero-order valence-corrected chi connectivity index (χ0v) is 10.6. The van der Waals surface area contributed by atoms with Crippen LogP contribution in [0.25, 0.3) is 0 Å². The Morgan fingerprint density at radius 2 is 1.80 bits per heavy atom. The van der Waals surface area contributed by atoms with Gasteiger partial charge in [0.25, 0.3) is 0 Å². The maximum Gasteiger partial charge on any atom is 0.00412 e. The fourth-order valence-corrected chi connectivity index (χ4v) is 2.27. The first-order valence-electron chi connectivity index (χ1n) is 6.20. The third-order valence-electron chi connectivity index (χ3n) is 3.15. The van der Waals surface area contributed by atoms with Crippen molar-refractivity contribution in [1.29, 1.82) is 0 Å². The summed E-state index contributed by atoms with van der Waals surface area (Å²) in [5.41, 5.74) is 0. The van der Waals surface area contributed by atoms with E-state index in [1.54, 1.807) is 0 Å². The lowest BCUT2D eigenvalue weighted by Crippen LogP contribution is -2.38. The van der Waals surface area contributed by atoms with Crippen LogP contribution in [0.4, 0.5) is 0 Å². The van der Waals surface area contributed by atoms with Crippen LogP contribution in [0.3, 0.4) is 0 Å². The number of nitrogens with zero attached hydrogens (tertiary/aromatic N) is 1. The van der Waals surface area contributed by atoms with Crippen LogP contribution >= 0.6 is 0 Å². The molecule has 1 unspecified atom stereocenters. The highest BCUT2D eigenvalue weighted by atomic mass is 15.2. The minimum Gasteiger partial charge on any atom is -0.299 e. The van der Waals surface area contributed by atoms with E-state index in [4.69, 9.17) is 0 Å². The summed E-state index contributed by atoms with van der Waals surface area (Å²) in [5, 5.41) is 0. The first-order chi connectivity index (χ1) is 7.11. The molecule has 0 aromatic rings. The van der Waals surface area contributed by atoms with Gasteiger partial charge in [0.1, 0.15) is 0 Å². The quantitative estimate of drug-likeness (QED) is 0.665. The fourth-order valence-electron chi connectivity index (χ4n) is 2.27. The Bertz CT molecular complexity index is 217. The van der Waals surface area contributed by atoms with Gasteiger partial charge in [0.15, 0.2) is 0 Å². The van der Waals surface area contributed by atoms with E-state index >= 15 is 0 Å². The molecule has 1 heteroatoms. The minimum atomic E-state index is 0.660. The van der Waals surface area contributed by atoms with Crippen LogP contribution in [0.1, 0.15) is 40.5 Å². The van der Waals surface area contributed by atoms with E-state index in [9.17, 15) is 0 Å². The molecule has 15 heavy (non-hydrogen) atoms. The maximum absolute atomic E-state index is 2.58. The lowest BCUT2D eigenvalue weighted by molar-refractivity contribution is 0.166. The molecule has 86 valence electrons. The van der Waals surface area contributed by atoms with Crippen LogP contribution in [-0.2, 0) is 0 Å². The Labute approximate surface area is 94.9 Å². The van der Waals surface area contributed by atoms with Crippen molar-refractivity contribution in [1.82, 2.24) is 4.90 Å². The van der Waals surface area contributed by atoms with E-state index in [-0.39, 0.29) is 0 Å². The zero-order chi connectivity index (χ0) is 11.3. The average molecular weight is 207 g/mol. The molecule has 1 aliphatic carbocycles. The molecule has 0 radical (unpaired) electrons. The molecule has 0 aromatic heterocycles. The SMILES string of the molecule is CC(C)N(CCC1C=CC=CC1)C(C)C. The Balaban J connectivity index is 2.33. The summed E-state index contributed by atoms with van der Waals surface area (Å²) >= 11 is 0. The molecule has 0 N–H and O–H groups in total. The van der Waals surface area contributed by atoms with Crippen LogP contribution in [0, 0.1) is 5.92 Å². The molecular formula is C14H25N. The van der Waals surface area contributed by atoms with Crippen molar-refractivity contribution in [3.8, 4) is 0 Å². The van der Waals surface area contributed by atoms with Crippen LogP contribution in [-0.4, -0.2) is 23.5 Å². The van der Waals surface area contributed by atoms with Gasteiger partial charge in [0, 0.05) is 12.1 Å². The summed E-state index contributed by atoms with van der Waals surface area (Å²) < 4.78 is 0. The van der Waals surface area contributed by atoms with E-state index in [1.165, 1.54) is 19.4 Å². The molecule has 0 saturated carbocycles. The van der Waals surface area contributed by atoms with Gasteiger partial charge in [-0.1, -0.05) is 24.3 Å². The van der Waals surface area contributed by atoms with Gasteiger partial charge in [-0.2, -0.15) is 0 Å². The van der Waals surface area contributed by atoms with Crippen molar-refractivity contribution < 1.29 is 0 Å². The topological polar surface area (TPSA) is 3.24 Å². The first-order valence-corrected chi connectivity index (χ1v) is 6.20. The van der Waals surface area contributed by atoms with Crippen molar-refractivity contribution in [2.45, 2.75) is 52.6 Å². The third-order valence-corrected chi connectivity index (χ3v) is 3.15. The van der Waals surface area contributed by atoms with Crippen LogP contribution in [0.15, 0.2) is 24.3 Å². The van der Waals surface area contributed by atoms with E-state index < -0.39 is 0 Å². The number of allylic oxidation sites excluding steroid dienone is 4. The second-order valence-electron chi connectivity index (χ2n) is 5.02. The normalized spacial score (nSPS) is 20.9. The van der Waals surface area contributed by atoms with E-state index in [0.717, 1.165) is 5.92 Å². The summed E-state index contributed by atoms with van der Waals surface area (Å²) in [6.07, 6.45) is 11.5. The van der Waals surface area contributed by atoms with Crippen molar-refractivity contribution >= 4 is 0 Å². The molecule has 0 heterocycles. The van der Waals surface area contributed by atoms with Crippen LogP contribution in [0.2, 0.25) is 0 Å². The highest BCUT2D eigenvalue weighted by Crippen LogP contribution is 2.17. The van der Waals surface area contributed by atoms with Crippen LogP contribution in [0.5, 0.6) is 0 Å². The largest absolute Gasteiger partial charge is 0.299 e. The summed E-state index contributed by atoms with van der Waals surface area (Å²) in [5.74, 6) is 0.759. The van der Waals surface area contributed by atoms with E-state index in [2.05, 4.69) is 56.9 Å². The third kappa shape index (κ3) is 4.21. The molecule has 1 rings (SSSR count). The highest BCUT2D eigenvalue weighted by molar-refractivity contribution is 5.10. The van der Waals surface area contributed by atoms with Gasteiger partial charge in [-0.05, 0) is 53.0 Å². The Morgan fingerprint density at radius 1 is 1.13 bits per heavy atom. The van der Waals surface area contributed by atoms with Gasteiger partial charge in [-0.3, -0.25) is 4.90 Å². The van der Waals surface area contributed by atoms with Gasteiger partial charge >= 0.3 is 0 Å². The summed E-state index contributed by atoms with van der Waals surface area (Å²) in [6.45, 7) is 10.4. The van der Waals surface area contributed by atoms with Crippen molar-refractivity contribution in [3.63, 3.8) is 0 Å². The molecule has 1 nitrogen and oxygen atoms in total. The maximum atomic E-state index is 2.58. The zero-order valence-electron chi connectivity index (χ0n) is 10.6. The Morgan fingerprint density at radius 3 is 2.27 bits per heavy atom. The van der Waals surface area contributed by atoms with Gasteiger partial charge < -0.3 is 0 Å². The van der Waals surface area contributed by atoms with E-state index in [0.29, 0.717) is 12.1 Å². The van der Waals surface area contributed by atoms with E-state index in [1.807, 2.05) is 0 Å². The predicted octanol–water partition coefficient (Wildman–Crippen LogP) is 3.63. The van der Waals surface area contributed by atoms with Gasteiger partial charge in [0.05, 0.1) is 0 Å². The lowest BCUT2D eigenvalue weighted by Gasteiger charge is -2.31. The second kappa shape index (κ2) is 6.12. The molecule has 1 aliphatic rings. The molecule has 1 atom stereocenters. The number of hydrogen-bond acceptors (Lipinski definition) is 1. The molecule has 0 amide bonds. The van der Waals surface area contributed by atoms with Gasteiger partial charge in [-0.25, -0.2) is 0 Å². The van der Waals surface area contributed by atoms with Crippen molar-refractivity contribution in [3.05, 3.63) is 24.3 Å². The van der Waals surface area contributed by atoms with Gasteiger partial charge in [-0.15, -0.1) is 0 Å². The fraction of sp³-hybridized carbons (Fsp3) is 0.714. The first kappa shape index (κ1) is 12.5. The van der Waals surface area contributed by atoms with Crippen LogP contribution < -0.4 is 0 Å². The Hall–Kier alpha value is -0.560.